The Morgan fingerprint density at radius 1 is 1.33 bits per heavy atom. The molecule has 0 saturated carbocycles. The van der Waals surface area contributed by atoms with Crippen molar-refractivity contribution in [3.63, 3.8) is 0 Å². The van der Waals surface area contributed by atoms with Gasteiger partial charge in [-0.25, -0.2) is 9.18 Å². The first-order chi connectivity index (χ1) is 11.5. The van der Waals surface area contributed by atoms with Gasteiger partial charge in [0.25, 0.3) is 0 Å². The van der Waals surface area contributed by atoms with Crippen LogP contribution in [0.5, 0.6) is 0 Å². The monoisotopic (exact) mass is 345 g/mol. The molecular formula is C19H17ClFNO2. The second kappa shape index (κ2) is 7.88. The summed E-state index contributed by atoms with van der Waals surface area (Å²) in [5.74, 6) is -0.978. The van der Waals surface area contributed by atoms with Gasteiger partial charge in [-0.3, -0.25) is 4.98 Å². The molecule has 3 nitrogen and oxygen atoms in total. The number of nitrogens with zero attached hydrogens (tertiary/aromatic N) is 1. The van der Waals surface area contributed by atoms with Crippen LogP contribution < -0.4 is 0 Å². The van der Waals surface area contributed by atoms with Crippen molar-refractivity contribution in [1.29, 1.82) is 0 Å². The Balaban J connectivity index is 2.63. The Bertz CT molecular complexity index is 815. The van der Waals surface area contributed by atoms with E-state index in [9.17, 15) is 9.18 Å². The van der Waals surface area contributed by atoms with Crippen LogP contribution in [0.4, 0.5) is 4.39 Å². The average Bonchev–Trinajstić information content (AvgIpc) is 2.60. The summed E-state index contributed by atoms with van der Waals surface area (Å²) >= 11 is 6.35. The lowest BCUT2D eigenvalue weighted by Gasteiger charge is -2.14. The van der Waals surface area contributed by atoms with E-state index in [1.807, 2.05) is 13.0 Å². The molecule has 0 amide bonds. The lowest BCUT2D eigenvalue weighted by Crippen LogP contribution is -2.04. The fourth-order valence-corrected chi connectivity index (χ4v) is 2.62. The summed E-state index contributed by atoms with van der Waals surface area (Å²) in [6.45, 7) is 5.94. The van der Waals surface area contributed by atoms with Crippen molar-refractivity contribution in [2.75, 3.05) is 7.11 Å². The van der Waals surface area contributed by atoms with Crippen LogP contribution in [-0.2, 0) is 4.74 Å². The third-order valence-corrected chi connectivity index (χ3v) is 3.86. The number of ether oxygens (including phenoxy) is 1. The minimum absolute atomic E-state index is 0.300. The summed E-state index contributed by atoms with van der Waals surface area (Å²) in [5, 5.41) is 0.513. The van der Waals surface area contributed by atoms with Gasteiger partial charge in [0.05, 0.1) is 18.9 Å². The summed E-state index contributed by atoms with van der Waals surface area (Å²) in [5.41, 5.74) is 2.30. The van der Waals surface area contributed by atoms with E-state index < -0.39 is 11.8 Å². The van der Waals surface area contributed by atoms with Gasteiger partial charge in [-0.15, -0.1) is 0 Å². The van der Waals surface area contributed by atoms with Gasteiger partial charge in [0.2, 0.25) is 0 Å². The van der Waals surface area contributed by atoms with Crippen molar-refractivity contribution in [2.45, 2.75) is 13.3 Å². The number of allylic oxidation sites excluding steroid dienone is 1. The topological polar surface area (TPSA) is 39.2 Å². The highest BCUT2D eigenvalue weighted by Gasteiger charge is 2.16. The maximum Gasteiger partial charge on any atom is 0.337 e. The van der Waals surface area contributed by atoms with Gasteiger partial charge in [-0.2, -0.15) is 0 Å². The number of pyridine rings is 1. The molecule has 0 aliphatic rings. The van der Waals surface area contributed by atoms with Crippen LogP contribution in [0.3, 0.4) is 0 Å². The number of hydrogen-bond donors (Lipinski definition) is 0. The first kappa shape index (κ1) is 17.9. The first-order valence-corrected chi connectivity index (χ1v) is 7.75. The fraction of sp³-hybridized carbons (Fsp3) is 0.158. The second-order valence-electron chi connectivity index (χ2n) is 5.05. The predicted octanol–water partition coefficient (Wildman–Crippen LogP) is 5.06. The van der Waals surface area contributed by atoms with Crippen molar-refractivity contribution >= 4 is 28.2 Å². The molecule has 24 heavy (non-hydrogen) atoms. The Morgan fingerprint density at radius 3 is 2.71 bits per heavy atom. The van der Waals surface area contributed by atoms with Gasteiger partial charge in [-0.05, 0) is 35.8 Å². The number of benzene rings is 1. The lowest BCUT2D eigenvalue weighted by molar-refractivity contribution is 0.0600. The Kier molecular flexibility index (Phi) is 5.88. The number of methoxy groups -OCH3 is 1. The van der Waals surface area contributed by atoms with E-state index in [-0.39, 0.29) is 0 Å². The number of esters is 1. The minimum atomic E-state index is -0.493. The van der Waals surface area contributed by atoms with E-state index in [1.54, 1.807) is 18.2 Å². The van der Waals surface area contributed by atoms with E-state index >= 15 is 0 Å². The Labute approximate surface area is 145 Å². The Hall–Kier alpha value is -2.46. The second-order valence-corrected chi connectivity index (χ2v) is 5.45. The Morgan fingerprint density at radius 2 is 2.08 bits per heavy atom. The minimum Gasteiger partial charge on any atom is -0.465 e. The van der Waals surface area contributed by atoms with Crippen LogP contribution in [0.15, 0.2) is 49.3 Å². The van der Waals surface area contributed by atoms with Gasteiger partial charge in [0.1, 0.15) is 5.82 Å². The number of carbonyl (C=O) groups excluding carboxylic acids is 1. The normalized spacial score (nSPS) is 11.2. The number of carbonyl (C=O) groups is 1. The highest BCUT2D eigenvalue weighted by molar-refractivity contribution is 6.49. The molecule has 0 spiro atoms. The summed E-state index contributed by atoms with van der Waals surface area (Å²) < 4.78 is 18.8. The zero-order valence-electron chi connectivity index (χ0n) is 13.5. The van der Waals surface area contributed by atoms with Gasteiger partial charge in [0, 0.05) is 22.4 Å². The highest BCUT2D eigenvalue weighted by atomic mass is 35.5. The molecule has 2 aromatic rings. The van der Waals surface area contributed by atoms with E-state index in [0.29, 0.717) is 32.9 Å². The largest absolute Gasteiger partial charge is 0.465 e. The lowest BCUT2D eigenvalue weighted by atomic mass is 9.93. The summed E-state index contributed by atoms with van der Waals surface area (Å²) in [7, 11) is 1.30. The van der Waals surface area contributed by atoms with Crippen molar-refractivity contribution < 1.29 is 13.9 Å². The van der Waals surface area contributed by atoms with E-state index in [1.165, 1.54) is 19.4 Å². The zero-order chi connectivity index (χ0) is 17.7. The molecule has 0 fully saturated rings. The fourth-order valence-electron chi connectivity index (χ4n) is 2.30. The quantitative estimate of drug-likeness (QED) is 0.711. The number of halogens is 2. The van der Waals surface area contributed by atoms with Crippen LogP contribution in [0.2, 0.25) is 0 Å². The van der Waals surface area contributed by atoms with Gasteiger partial charge < -0.3 is 4.74 Å². The van der Waals surface area contributed by atoms with Crippen LogP contribution in [-0.4, -0.2) is 18.1 Å². The van der Waals surface area contributed by atoms with Crippen molar-refractivity contribution in [1.82, 2.24) is 4.98 Å². The molecule has 0 bridgehead atoms. The summed E-state index contributed by atoms with van der Waals surface area (Å²) in [6, 6.07) is 6.46. The van der Waals surface area contributed by atoms with E-state index in [0.717, 1.165) is 12.6 Å². The van der Waals surface area contributed by atoms with Crippen LogP contribution in [0.25, 0.3) is 10.6 Å². The van der Waals surface area contributed by atoms with Gasteiger partial charge in [0.15, 0.2) is 0 Å². The molecule has 0 aliphatic carbocycles. The van der Waals surface area contributed by atoms with Crippen molar-refractivity contribution in [3.8, 4) is 0 Å². The maximum absolute atomic E-state index is 14.1. The third-order valence-electron chi connectivity index (χ3n) is 3.50. The molecule has 0 radical (unpaired) electrons. The smallest absolute Gasteiger partial charge is 0.337 e. The standard InChI is InChI=1S/C19H17ClFNO2/c1-4-5-17(20)15-7-6-13(19(23)24-3)10-16(15)12(2)14-8-9-22-11-18(14)21/h5-11H,2,4H2,1,3H3/b17-5+. The first-order valence-electron chi connectivity index (χ1n) is 7.37. The molecule has 0 aliphatic heterocycles. The molecule has 1 aromatic heterocycles. The average molecular weight is 346 g/mol. The third kappa shape index (κ3) is 3.71. The van der Waals surface area contributed by atoms with Crippen LogP contribution in [0, 0.1) is 5.82 Å². The van der Waals surface area contributed by atoms with Crippen LogP contribution >= 0.6 is 11.6 Å². The molecular weight excluding hydrogens is 329 g/mol. The number of rotatable bonds is 5. The number of hydrogen-bond acceptors (Lipinski definition) is 3. The zero-order valence-corrected chi connectivity index (χ0v) is 14.2. The molecule has 1 aromatic carbocycles. The highest BCUT2D eigenvalue weighted by Crippen LogP contribution is 2.33. The SMILES string of the molecule is C=C(c1ccncc1F)c1cc(C(=O)OC)ccc1/C(Cl)=C\CC. The van der Waals surface area contributed by atoms with E-state index in [2.05, 4.69) is 11.6 Å². The predicted molar refractivity (Wildman–Crippen MR) is 94.2 cm³/mol. The molecule has 0 N–H and O–H groups in total. The summed E-state index contributed by atoms with van der Waals surface area (Å²) in [6.07, 6.45) is 5.19. The van der Waals surface area contributed by atoms with Gasteiger partial charge >= 0.3 is 5.97 Å². The molecule has 1 heterocycles. The molecule has 124 valence electrons. The molecule has 0 unspecified atom stereocenters. The van der Waals surface area contributed by atoms with E-state index in [4.69, 9.17) is 16.3 Å². The molecule has 0 saturated heterocycles. The molecule has 2 rings (SSSR count). The van der Waals surface area contributed by atoms with Crippen molar-refractivity contribution in [3.05, 3.63) is 77.4 Å². The van der Waals surface area contributed by atoms with Gasteiger partial charge in [-0.1, -0.05) is 37.2 Å². The maximum atomic E-state index is 14.1. The van der Waals surface area contributed by atoms with Crippen LogP contribution in [0.1, 0.15) is 40.4 Å². The number of aromatic nitrogens is 1. The van der Waals surface area contributed by atoms with Crippen molar-refractivity contribution in [2.24, 2.45) is 0 Å². The molecule has 5 heteroatoms. The molecule has 0 atom stereocenters. The summed E-state index contributed by atoms with van der Waals surface area (Å²) in [4.78, 5) is 15.6.